The number of Topliss-reactive ketones (excluding diaryl/α,β-unsaturated/α-hetero) is 1. The van der Waals surface area contributed by atoms with Crippen LogP contribution in [0.1, 0.15) is 45.9 Å². The molecule has 1 spiro atoms. The smallest absolute Gasteiger partial charge is 0.264 e. The molecule has 0 N–H and O–H groups in total. The van der Waals surface area contributed by atoms with Crippen molar-refractivity contribution in [1.29, 1.82) is 0 Å². The van der Waals surface area contributed by atoms with Crippen LogP contribution in [0.15, 0.2) is 102 Å². The van der Waals surface area contributed by atoms with Crippen LogP contribution < -0.4 is 4.90 Å². The third-order valence-electron chi connectivity index (χ3n) is 8.84. The second kappa shape index (κ2) is 10.9. The predicted octanol–water partition coefficient (Wildman–Crippen LogP) is 6.66. The average Bonchev–Trinajstić information content (AvgIpc) is 3.20. The number of benzene rings is 4. The fourth-order valence-electron chi connectivity index (χ4n) is 6.75. The van der Waals surface area contributed by atoms with Crippen LogP contribution >= 0.6 is 0 Å². The van der Waals surface area contributed by atoms with Crippen LogP contribution in [-0.4, -0.2) is 31.0 Å². The van der Waals surface area contributed by atoms with Gasteiger partial charge in [0.15, 0.2) is 0 Å². The summed E-state index contributed by atoms with van der Waals surface area (Å²) in [6.45, 7) is 9.56. The summed E-state index contributed by atoms with van der Waals surface area (Å²) in [6.07, 6.45) is 1.75. The topological polar surface area (TPSA) is 74.8 Å². The van der Waals surface area contributed by atoms with Crippen LogP contribution in [0.25, 0.3) is 5.70 Å². The zero-order valence-corrected chi connectivity index (χ0v) is 26.5. The van der Waals surface area contributed by atoms with Crippen LogP contribution in [0.2, 0.25) is 0 Å². The number of carbonyl (C=O) groups excluding carboxylic acids is 2. The number of carbonyl (C=O) groups is 2. The van der Waals surface area contributed by atoms with Gasteiger partial charge in [-0.3, -0.25) is 13.9 Å². The molecule has 0 saturated heterocycles. The number of anilines is 1. The third-order valence-corrected chi connectivity index (χ3v) is 10.6. The molecule has 0 aliphatic carbocycles. The van der Waals surface area contributed by atoms with Gasteiger partial charge in [0.25, 0.3) is 10.0 Å². The van der Waals surface area contributed by atoms with E-state index in [1.807, 2.05) is 76.2 Å². The van der Waals surface area contributed by atoms with Crippen LogP contribution in [0.5, 0.6) is 0 Å². The van der Waals surface area contributed by atoms with Gasteiger partial charge in [-0.1, -0.05) is 95.1 Å². The van der Waals surface area contributed by atoms with Gasteiger partial charge in [0.2, 0.25) is 5.91 Å². The first-order chi connectivity index (χ1) is 20.9. The quantitative estimate of drug-likeness (QED) is 0.247. The number of fused-ring (bicyclic) bond motifs is 2. The molecule has 44 heavy (non-hydrogen) atoms. The molecule has 4 aromatic rings. The molecule has 0 unspecified atom stereocenters. The molecule has 0 saturated carbocycles. The summed E-state index contributed by atoms with van der Waals surface area (Å²) in [5.41, 5.74) is 6.28. The molecule has 2 aliphatic rings. The summed E-state index contributed by atoms with van der Waals surface area (Å²) >= 11 is 0. The Labute approximate surface area is 259 Å². The highest BCUT2D eigenvalue weighted by Crippen LogP contribution is 2.53. The lowest BCUT2D eigenvalue weighted by atomic mass is 9.67. The van der Waals surface area contributed by atoms with E-state index in [4.69, 9.17) is 0 Å². The number of hydrogen-bond donors (Lipinski definition) is 0. The summed E-state index contributed by atoms with van der Waals surface area (Å²) in [7, 11) is -4.08. The van der Waals surface area contributed by atoms with E-state index >= 15 is 0 Å². The van der Waals surface area contributed by atoms with Crippen molar-refractivity contribution in [2.75, 3.05) is 11.4 Å². The van der Waals surface area contributed by atoms with Gasteiger partial charge in [-0.2, -0.15) is 0 Å². The average molecular weight is 605 g/mol. The first kappa shape index (κ1) is 29.6. The predicted molar refractivity (Wildman–Crippen MR) is 174 cm³/mol. The standard InChI is InChI=1S/C37H36N2O4S/c1-24-10-14-30(15-11-24)35-21-37(33(28(5)40)23-39(35)44(42,43)31-16-12-25(2)13-17-31)32-8-6-7-9-34(32)38(36(37)41)22-29-19-26(3)18-27(4)20-29/h6-21,33H,22-23H2,1-5H3/t33-,37+/m0/s1. The monoisotopic (exact) mass is 604 g/mol. The highest BCUT2D eigenvalue weighted by atomic mass is 32.2. The van der Waals surface area contributed by atoms with Crippen molar-refractivity contribution in [2.45, 2.75) is 51.5 Å². The van der Waals surface area contributed by atoms with Crippen LogP contribution in [0.4, 0.5) is 5.69 Å². The van der Waals surface area contributed by atoms with E-state index in [0.29, 0.717) is 23.4 Å². The molecule has 0 fully saturated rings. The van der Waals surface area contributed by atoms with E-state index in [2.05, 4.69) is 18.2 Å². The minimum atomic E-state index is -4.08. The van der Waals surface area contributed by atoms with Gasteiger partial charge in [-0.05, 0) is 75.6 Å². The number of para-hydroxylation sites is 1. The Hall–Kier alpha value is -4.49. The lowest BCUT2D eigenvalue weighted by Crippen LogP contribution is -2.54. The minimum Gasteiger partial charge on any atom is -0.307 e. The van der Waals surface area contributed by atoms with Crippen LogP contribution in [-0.2, 0) is 31.6 Å². The Morgan fingerprint density at radius 3 is 2.02 bits per heavy atom. The van der Waals surface area contributed by atoms with Crippen molar-refractivity contribution in [1.82, 2.24) is 4.31 Å². The highest BCUT2D eigenvalue weighted by molar-refractivity contribution is 7.89. The van der Waals surface area contributed by atoms with E-state index in [1.165, 1.54) is 11.2 Å². The van der Waals surface area contributed by atoms with Gasteiger partial charge in [0.05, 0.1) is 23.1 Å². The summed E-state index contributed by atoms with van der Waals surface area (Å²) < 4.78 is 29.9. The SMILES string of the molecule is CC(=O)[C@@H]1CN(S(=O)(=O)c2ccc(C)cc2)C(c2ccc(C)cc2)=C[C@]12C(=O)N(Cc1cc(C)cc(C)c1)c1ccccc12. The van der Waals surface area contributed by atoms with E-state index in [1.54, 1.807) is 35.2 Å². The molecule has 0 aromatic heterocycles. The van der Waals surface area contributed by atoms with Crippen molar-refractivity contribution < 1.29 is 18.0 Å². The van der Waals surface area contributed by atoms with Gasteiger partial charge in [-0.25, -0.2) is 8.42 Å². The maximum absolute atomic E-state index is 14.9. The lowest BCUT2D eigenvalue weighted by Gasteiger charge is -2.43. The largest absolute Gasteiger partial charge is 0.307 e. The molecule has 1 amide bonds. The van der Waals surface area contributed by atoms with Gasteiger partial charge in [0.1, 0.15) is 11.2 Å². The molecule has 224 valence electrons. The van der Waals surface area contributed by atoms with Crippen molar-refractivity contribution in [3.63, 3.8) is 0 Å². The first-order valence-corrected chi connectivity index (χ1v) is 16.2. The molecular formula is C37H36N2O4S. The fraction of sp³-hybridized carbons (Fsp3) is 0.243. The van der Waals surface area contributed by atoms with Crippen molar-refractivity contribution in [3.8, 4) is 0 Å². The van der Waals surface area contributed by atoms with Crippen molar-refractivity contribution >= 4 is 33.1 Å². The number of rotatable bonds is 6. The molecule has 2 atom stereocenters. The van der Waals surface area contributed by atoms with Crippen molar-refractivity contribution in [2.24, 2.45) is 5.92 Å². The number of hydrogen-bond acceptors (Lipinski definition) is 4. The maximum atomic E-state index is 14.9. The Balaban J connectivity index is 1.59. The second-order valence-corrected chi connectivity index (χ2v) is 14.0. The number of sulfonamides is 1. The minimum absolute atomic E-state index is 0.133. The van der Waals surface area contributed by atoms with Crippen LogP contribution in [0, 0.1) is 33.6 Å². The Morgan fingerprint density at radius 1 is 0.818 bits per heavy atom. The van der Waals surface area contributed by atoms with Gasteiger partial charge in [0, 0.05) is 12.2 Å². The van der Waals surface area contributed by atoms with Crippen LogP contribution in [0.3, 0.4) is 0 Å². The Morgan fingerprint density at radius 2 is 1.41 bits per heavy atom. The molecule has 2 aliphatic heterocycles. The summed E-state index contributed by atoms with van der Waals surface area (Å²) in [5, 5.41) is 0. The molecule has 0 bridgehead atoms. The lowest BCUT2D eigenvalue weighted by molar-refractivity contribution is -0.131. The van der Waals surface area contributed by atoms with Gasteiger partial charge < -0.3 is 4.90 Å². The summed E-state index contributed by atoms with van der Waals surface area (Å²) in [6, 6.07) is 28.1. The first-order valence-electron chi connectivity index (χ1n) is 14.8. The van der Waals surface area contributed by atoms with Gasteiger partial charge >= 0.3 is 0 Å². The fourth-order valence-corrected chi connectivity index (χ4v) is 8.24. The van der Waals surface area contributed by atoms with E-state index in [9.17, 15) is 18.0 Å². The normalized spacial score (nSPS) is 19.7. The summed E-state index contributed by atoms with van der Waals surface area (Å²) in [5.74, 6) is -1.41. The number of nitrogens with zero attached hydrogens (tertiary/aromatic N) is 2. The molecule has 6 rings (SSSR count). The number of aryl methyl sites for hydroxylation is 4. The van der Waals surface area contributed by atoms with E-state index in [-0.39, 0.29) is 23.1 Å². The zero-order valence-electron chi connectivity index (χ0n) is 25.7. The number of ketones is 1. The molecule has 6 nitrogen and oxygen atoms in total. The second-order valence-electron chi connectivity index (χ2n) is 12.2. The molecule has 4 aromatic carbocycles. The zero-order chi connectivity index (χ0) is 31.4. The molecule has 7 heteroatoms. The maximum Gasteiger partial charge on any atom is 0.264 e. The third kappa shape index (κ3) is 4.85. The molecule has 0 radical (unpaired) electrons. The van der Waals surface area contributed by atoms with Crippen molar-refractivity contribution in [3.05, 3.63) is 136 Å². The van der Waals surface area contributed by atoms with E-state index < -0.39 is 21.4 Å². The highest BCUT2D eigenvalue weighted by Gasteiger charge is 2.59. The Bertz CT molecular complexity index is 1910. The number of amides is 1. The Kier molecular flexibility index (Phi) is 7.33. The van der Waals surface area contributed by atoms with Gasteiger partial charge in [-0.15, -0.1) is 0 Å². The van der Waals surface area contributed by atoms with E-state index in [0.717, 1.165) is 33.5 Å². The molecule has 2 heterocycles. The molecular weight excluding hydrogens is 568 g/mol. The summed E-state index contributed by atoms with van der Waals surface area (Å²) in [4.78, 5) is 30.4.